The number of likely N-dealkylation sites (N-methyl/N-ethyl adjacent to an activating group) is 1. The highest BCUT2D eigenvalue weighted by molar-refractivity contribution is 5.21. The summed E-state index contributed by atoms with van der Waals surface area (Å²) in [6.07, 6.45) is 1.62. The molecule has 1 heterocycles. The summed E-state index contributed by atoms with van der Waals surface area (Å²) < 4.78 is 15.1. The van der Waals surface area contributed by atoms with Crippen LogP contribution in [0.25, 0.3) is 0 Å². The van der Waals surface area contributed by atoms with Gasteiger partial charge < -0.3 is 5.32 Å². The molecule has 0 saturated heterocycles. The standard InChI is InChI=1S/C14H16FN3O/c1-10-7-14(19)18(17-8-10)9-13(16-2)11-5-3-4-6-12(11)15/h3-8,13,16H,9H2,1-2H3. The second-order valence-corrected chi connectivity index (χ2v) is 4.42. The molecule has 1 aromatic heterocycles. The SMILES string of the molecule is CNC(Cn1ncc(C)cc1=O)c1ccccc1F. The molecule has 1 N–H and O–H groups in total. The van der Waals surface area contributed by atoms with E-state index >= 15 is 0 Å². The van der Waals surface area contributed by atoms with Crippen LogP contribution in [0.4, 0.5) is 4.39 Å². The summed E-state index contributed by atoms with van der Waals surface area (Å²) >= 11 is 0. The Kier molecular flexibility index (Phi) is 4.06. The van der Waals surface area contributed by atoms with Crippen molar-refractivity contribution in [3.8, 4) is 0 Å². The molecule has 1 aromatic carbocycles. The second-order valence-electron chi connectivity index (χ2n) is 4.42. The van der Waals surface area contributed by atoms with E-state index in [1.807, 2.05) is 6.92 Å². The Morgan fingerprint density at radius 1 is 1.42 bits per heavy atom. The molecule has 0 radical (unpaired) electrons. The molecule has 0 spiro atoms. The van der Waals surface area contributed by atoms with E-state index in [0.29, 0.717) is 5.56 Å². The fraction of sp³-hybridized carbons (Fsp3) is 0.286. The van der Waals surface area contributed by atoms with Gasteiger partial charge in [0.05, 0.1) is 18.8 Å². The number of hydrogen-bond donors (Lipinski definition) is 1. The van der Waals surface area contributed by atoms with Gasteiger partial charge in [0, 0.05) is 11.6 Å². The molecule has 0 amide bonds. The molecule has 2 rings (SSSR count). The summed E-state index contributed by atoms with van der Waals surface area (Å²) in [7, 11) is 1.73. The van der Waals surface area contributed by atoms with Gasteiger partial charge in [0.2, 0.25) is 0 Å². The van der Waals surface area contributed by atoms with Crippen LogP contribution in [-0.4, -0.2) is 16.8 Å². The average molecular weight is 261 g/mol. The molecule has 0 bridgehead atoms. The van der Waals surface area contributed by atoms with Gasteiger partial charge in [-0.05, 0) is 25.6 Å². The zero-order chi connectivity index (χ0) is 13.8. The number of halogens is 1. The van der Waals surface area contributed by atoms with Gasteiger partial charge in [-0.15, -0.1) is 0 Å². The van der Waals surface area contributed by atoms with E-state index in [-0.39, 0.29) is 24.0 Å². The number of nitrogens with one attached hydrogen (secondary N) is 1. The predicted octanol–water partition coefficient (Wildman–Crippen LogP) is 1.65. The van der Waals surface area contributed by atoms with E-state index in [9.17, 15) is 9.18 Å². The van der Waals surface area contributed by atoms with Crippen LogP contribution in [0, 0.1) is 12.7 Å². The second kappa shape index (κ2) is 5.75. The fourth-order valence-corrected chi connectivity index (χ4v) is 1.94. The summed E-state index contributed by atoms with van der Waals surface area (Å²) in [4.78, 5) is 11.8. The summed E-state index contributed by atoms with van der Waals surface area (Å²) in [6, 6.07) is 7.74. The van der Waals surface area contributed by atoms with Crippen molar-refractivity contribution in [3.63, 3.8) is 0 Å². The smallest absolute Gasteiger partial charge is 0.267 e. The van der Waals surface area contributed by atoms with Crippen LogP contribution < -0.4 is 10.9 Å². The van der Waals surface area contributed by atoms with E-state index in [2.05, 4.69) is 10.4 Å². The van der Waals surface area contributed by atoms with Crippen molar-refractivity contribution < 1.29 is 4.39 Å². The first-order chi connectivity index (χ1) is 9.11. The van der Waals surface area contributed by atoms with Crippen molar-refractivity contribution in [1.82, 2.24) is 15.1 Å². The highest BCUT2D eigenvalue weighted by Crippen LogP contribution is 2.17. The Labute approximate surface area is 110 Å². The van der Waals surface area contributed by atoms with E-state index in [0.717, 1.165) is 5.56 Å². The molecule has 4 nitrogen and oxygen atoms in total. The molecular weight excluding hydrogens is 245 g/mol. The molecule has 100 valence electrons. The van der Waals surface area contributed by atoms with Crippen molar-refractivity contribution in [2.45, 2.75) is 19.5 Å². The van der Waals surface area contributed by atoms with Crippen molar-refractivity contribution >= 4 is 0 Å². The zero-order valence-corrected chi connectivity index (χ0v) is 10.9. The fourth-order valence-electron chi connectivity index (χ4n) is 1.94. The summed E-state index contributed by atoms with van der Waals surface area (Å²) in [5.74, 6) is -0.290. The topological polar surface area (TPSA) is 46.9 Å². The lowest BCUT2D eigenvalue weighted by Crippen LogP contribution is -2.30. The molecule has 0 aliphatic rings. The lowest BCUT2D eigenvalue weighted by Gasteiger charge is -2.17. The van der Waals surface area contributed by atoms with Gasteiger partial charge in [-0.2, -0.15) is 5.10 Å². The number of benzene rings is 1. The first kappa shape index (κ1) is 13.4. The van der Waals surface area contributed by atoms with Gasteiger partial charge in [0.1, 0.15) is 5.82 Å². The van der Waals surface area contributed by atoms with Crippen LogP contribution >= 0.6 is 0 Å². The van der Waals surface area contributed by atoms with Gasteiger partial charge in [0.25, 0.3) is 5.56 Å². The minimum Gasteiger partial charge on any atom is -0.311 e. The first-order valence-corrected chi connectivity index (χ1v) is 6.07. The third-order valence-electron chi connectivity index (χ3n) is 2.99. The Balaban J connectivity index is 2.29. The zero-order valence-electron chi connectivity index (χ0n) is 10.9. The molecule has 2 aromatic rings. The third kappa shape index (κ3) is 3.06. The molecule has 0 fully saturated rings. The van der Waals surface area contributed by atoms with E-state index in [1.54, 1.807) is 31.4 Å². The Morgan fingerprint density at radius 2 is 2.16 bits per heavy atom. The molecule has 19 heavy (non-hydrogen) atoms. The van der Waals surface area contributed by atoms with Crippen LogP contribution in [0.1, 0.15) is 17.2 Å². The molecular formula is C14H16FN3O. The lowest BCUT2D eigenvalue weighted by molar-refractivity contribution is 0.435. The third-order valence-corrected chi connectivity index (χ3v) is 2.99. The monoisotopic (exact) mass is 261 g/mol. The van der Waals surface area contributed by atoms with Gasteiger partial charge >= 0.3 is 0 Å². The minimum absolute atomic E-state index is 0.184. The lowest BCUT2D eigenvalue weighted by atomic mass is 10.1. The number of rotatable bonds is 4. The molecule has 0 aliphatic heterocycles. The predicted molar refractivity (Wildman–Crippen MR) is 71.4 cm³/mol. The molecule has 0 aliphatic carbocycles. The van der Waals surface area contributed by atoms with Gasteiger partial charge in [0.15, 0.2) is 0 Å². The maximum Gasteiger partial charge on any atom is 0.267 e. The number of nitrogens with zero attached hydrogens (tertiary/aromatic N) is 2. The summed E-state index contributed by atoms with van der Waals surface area (Å²) in [5, 5.41) is 7.07. The van der Waals surface area contributed by atoms with Crippen LogP contribution in [0.5, 0.6) is 0 Å². The average Bonchev–Trinajstić information content (AvgIpc) is 2.39. The van der Waals surface area contributed by atoms with Crippen molar-refractivity contribution in [1.29, 1.82) is 0 Å². The van der Waals surface area contributed by atoms with Gasteiger partial charge in [-0.25, -0.2) is 9.07 Å². The number of hydrogen-bond acceptors (Lipinski definition) is 3. The molecule has 5 heteroatoms. The van der Waals surface area contributed by atoms with E-state index in [1.165, 1.54) is 16.8 Å². The van der Waals surface area contributed by atoms with Crippen LogP contribution in [0.3, 0.4) is 0 Å². The van der Waals surface area contributed by atoms with Gasteiger partial charge in [-0.3, -0.25) is 4.79 Å². The highest BCUT2D eigenvalue weighted by atomic mass is 19.1. The van der Waals surface area contributed by atoms with E-state index < -0.39 is 0 Å². The molecule has 1 unspecified atom stereocenters. The number of aromatic nitrogens is 2. The number of aryl methyl sites for hydroxylation is 1. The minimum atomic E-state index is -0.297. The quantitative estimate of drug-likeness (QED) is 0.910. The van der Waals surface area contributed by atoms with Gasteiger partial charge in [-0.1, -0.05) is 18.2 Å². The Hall–Kier alpha value is -2.01. The maximum atomic E-state index is 13.7. The largest absolute Gasteiger partial charge is 0.311 e. The van der Waals surface area contributed by atoms with Crippen molar-refractivity contribution in [3.05, 3.63) is 63.8 Å². The Morgan fingerprint density at radius 3 is 2.79 bits per heavy atom. The molecule has 1 atom stereocenters. The van der Waals surface area contributed by atoms with Crippen LogP contribution in [0.2, 0.25) is 0 Å². The maximum absolute atomic E-state index is 13.7. The first-order valence-electron chi connectivity index (χ1n) is 6.07. The summed E-state index contributed by atoms with van der Waals surface area (Å²) in [5.41, 5.74) is 1.16. The van der Waals surface area contributed by atoms with Crippen molar-refractivity contribution in [2.24, 2.45) is 0 Å². The summed E-state index contributed by atoms with van der Waals surface area (Å²) in [6.45, 7) is 2.10. The molecule has 0 saturated carbocycles. The van der Waals surface area contributed by atoms with Crippen LogP contribution in [0.15, 0.2) is 41.3 Å². The Bertz CT molecular complexity index is 624. The van der Waals surface area contributed by atoms with Crippen LogP contribution in [-0.2, 0) is 6.54 Å². The highest BCUT2D eigenvalue weighted by Gasteiger charge is 2.15. The van der Waals surface area contributed by atoms with E-state index in [4.69, 9.17) is 0 Å². The normalized spacial score (nSPS) is 12.4. The van der Waals surface area contributed by atoms with Crippen molar-refractivity contribution in [2.75, 3.05) is 7.05 Å².